The topological polar surface area (TPSA) is 137 Å². The van der Waals surface area contributed by atoms with Crippen LogP contribution in [-0.4, -0.2) is 52.3 Å². The first-order chi connectivity index (χ1) is 14.8. The number of carbonyl (C=O) groups is 6. The Morgan fingerprint density at radius 2 is 1.52 bits per heavy atom. The van der Waals surface area contributed by atoms with E-state index in [0.29, 0.717) is 10.6 Å². The first kappa shape index (κ1) is 21.7. The molecule has 0 radical (unpaired) electrons. The average Bonchev–Trinajstić information content (AvgIpc) is 3.24. The lowest BCUT2D eigenvalue weighted by molar-refractivity contribution is -0.195. The van der Waals surface area contributed by atoms with Crippen LogP contribution in [0.15, 0.2) is 42.5 Å². The number of imide groups is 2. The normalized spacial score (nSPS) is 16.6. The molecule has 2 aliphatic rings. The van der Waals surface area contributed by atoms with Crippen LogP contribution in [0.5, 0.6) is 0 Å². The van der Waals surface area contributed by atoms with Crippen LogP contribution < -0.4 is 0 Å². The highest BCUT2D eigenvalue weighted by atomic mass is 16.9. The molecule has 162 valence electrons. The third-order valence-electron chi connectivity index (χ3n) is 4.35. The van der Waals surface area contributed by atoms with Gasteiger partial charge in [-0.25, -0.2) is 4.79 Å². The fourth-order valence-corrected chi connectivity index (χ4v) is 2.82. The molecule has 2 aliphatic heterocycles. The van der Waals surface area contributed by atoms with Gasteiger partial charge in [-0.3, -0.25) is 33.7 Å². The maximum Gasteiger partial charge on any atom is 0.537 e. The summed E-state index contributed by atoms with van der Waals surface area (Å²) in [5.74, 6) is -3.05. The Hall–Kier alpha value is -4.02. The van der Waals surface area contributed by atoms with Gasteiger partial charge in [-0.1, -0.05) is 35.4 Å². The van der Waals surface area contributed by atoms with Crippen LogP contribution in [0.1, 0.15) is 37.5 Å². The minimum atomic E-state index is -1.49. The zero-order valence-electron chi connectivity index (χ0n) is 16.2. The number of hydrogen-bond donors (Lipinski definition) is 0. The van der Waals surface area contributed by atoms with Gasteiger partial charge in [0.25, 0.3) is 29.9 Å². The molecule has 2 heterocycles. The summed E-state index contributed by atoms with van der Waals surface area (Å²) in [6.45, 7) is 0.0256. The second kappa shape index (κ2) is 9.65. The van der Waals surface area contributed by atoms with E-state index in [1.807, 2.05) is 0 Å². The molecule has 0 aliphatic carbocycles. The van der Waals surface area contributed by atoms with Gasteiger partial charge in [0.2, 0.25) is 0 Å². The van der Waals surface area contributed by atoms with Crippen molar-refractivity contribution in [3.63, 3.8) is 0 Å². The highest BCUT2D eigenvalue weighted by molar-refractivity contribution is 6.12. The Kier molecular flexibility index (Phi) is 6.75. The lowest BCUT2D eigenvalue weighted by atomic mass is 10.2. The molecule has 1 fully saturated rings. The van der Waals surface area contributed by atoms with Crippen molar-refractivity contribution in [2.24, 2.45) is 0 Å². The Morgan fingerprint density at radius 3 is 2.13 bits per heavy atom. The zero-order chi connectivity index (χ0) is 22.4. The van der Waals surface area contributed by atoms with Gasteiger partial charge in [0.1, 0.15) is 0 Å². The molecule has 0 saturated carbocycles. The first-order valence-corrected chi connectivity index (χ1v) is 9.37. The molecule has 1 unspecified atom stereocenters. The second-order valence-electron chi connectivity index (χ2n) is 6.54. The van der Waals surface area contributed by atoms with E-state index in [-0.39, 0.29) is 32.2 Å². The summed E-state index contributed by atoms with van der Waals surface area (Å²) in [5.41, 5.74) is 0.306. The zero-order valence-corrected chi connectivity index (χ0v) is 16.2. The third-order valence-corrected chi connectivity index (χ3v) is 4.35. The fourth-order valence-electron chi connectivity index (χ4n) is 2.82. The van der Waals surface area contributed by atoms with E-state index in [1.54, 1.807) is 18.2 Å². The maximum atomic E-state index is 12.2. The number of rotatable bonds is 8. The summed E-state index contributed by atoms with van der Waals surface area (Å²) in [6, 6.07) is 8.00. The summed E-state index contributed by atoms with van der Waals surface area (Å²) in [6.07, 6.45) is -0.803. The monoisotopic (exact) mass is 430 g/mol. The molecular weight excluding hydrogens is 412 g/mol. The van der Waals surface area contributed by atoms with E-state index in [4.69, 9.17) is 9.47 Å². The molecular formula is C20H18N2O9. The van der Waals surface area contributed by atoms with Crippen LogP contribution in [0.25, 0.3) is 0 Å². The number of carbonyl (C=O) groups excluding carboxylic acids is 6. The van der Waals surface area contributed by atoms with Gasteiger partial charge in [-0.2, -0.15) is 0 Å². The van der Waals surface area contributed by atoms with Gasteiger partial charge >= 0.3 is 12.1 Å². The van der Waals surface area contributed by atoms with Gasteiger partial charge in [0.05, 0.1) is 0 Å². The van der Waals surface area contributed by atoms with E-state index >= 15 is 0 Å². The van der Waals surface area contributed by atoms with E-state index in [9.17, 15) is 28.8 Å². The third kappa shape index (κ3) is 5.53. The predicted octanol–water partition coefficient (Wildman–Crippen LogP) is 1.15. The number of esters is 1. The fraction of sp³-hybridized carbons (Fsp3) is 0.300. The lowest BCUT2D eigenvalue weighted by Gasteiger charge is -2.20. The Balaban J connectivity index is 1.56. The van der Waals surface area contributed by atoms with Crippen LogP contribution >= 0.6 is 0 Å². The summed E-state index contributed by atoms with van der Waals surface area (Å²) in [7, 11) is 0. The van der Waals surface area contributed by atoms with Crippen molar-refractivity contribution in [1.29, 1.82) is 0 Å². The van der Waals surface area contributed by atoms with Crippen molar-refractivity contribution in [1.82, 2.24) is 9.96 Å². The number of hydroxylamine groups is 2. The van der Waals surface area contributed by atoms with Crippen LogP contribution in [0.4, 0.5) is 4.79 Å². The number of nitrogens with zero attached hydrogens (tertiary/aromatic N) is 2. The minimum absolute atomic E-state index is 0.0256. The SMILES string of the molecule is O=C(CCCN1C(=O)C=CC1=O)OC(OC(=O)ON1C(=O)CCC1=O)c1ccccc1. The van der Waals surface area contributed by atoms with Crippen molar-refractivity contribution in [2.75, 3.05) is 6.54 Å². The number of hydrogen-bond acceptors (Lipinski definition) is 9. The molecule has 11 nitrogen and oxygen atoms in total. The van der Waals surface area contributed by atoms with Crippen LogP contribution in [0.3, 0.4) is 0 Å². The maximum absolute atomic E-state index is 12.2. The second-order valence-corrected chi connectivity index (χ2v) is 6.54. The highest BCUT2D eigenvalue weighted by Crippen LogP contribution is 2.22. The molecule has 1 aromatic carbocycles. The van der Waals surface area contributed by atoms with Crippen molar-refractivity contribution >= 4 is 35.8 Å². The minimum Gasteiger partial charge on any atom is -0.420 e. The molecule has 1 saturated heterocycles. The molecule has 0 spiro atoms. The van der Waals surface area contributed by atoms with E-state index in [2.05, 4.69) is 4.84 Å². The molecule has 0 N–H and O–H groups in total. The summed E-state index contributed by atoms with van der Waals surface area (Å²) in [5, 5.41) is 0.310. The standard InChI is InChI=1S/C20H18N2O9/c23-14-8-9-15(24)21(14)12-4-7-18(27)29-19(13-5-2-1-3-6-13)30-20(28)31-22-16(25)10-11-17(22)26/h1-3,5-6,8-9,19H,4,7,10-12H2. The van der Waals surface area contributed by atoms with Gasteiger partial charge in [-0.05, 0) is 6.42 Å². The molecule has 1 atom stereocenters. The van der Waals surface area contributed by atoms with Crippen molar-refractivity contribution < 1.29 is 43.1 Å². The van der Waals surface area contributed by atoms with Gasteiger partial charge < -0.3 is 9.47 Å². The molecule has 0 bridgehead atoms. The van der Waals surface area contributed by atoms with Gasteiger partial charge in [-0.15, -0.1) is 0 Å². The largest absolute Gasteiger partial charge is 0.537 e. The molecule has 1 aromatic rings. The number of amides is 4. The summed E-state index contributed by atoms with van der Waals surface area (Å²) in [4.78, 5) is 76.0. The van der Waals surface area contributed by atoms with Gasteiger partial charge in [0, 0.05) is 43.5 Å². The molecule has 31 heavy (non-hydrogen) atoms. The van der Waals surface area contributed by atoms with E-state index in [0.717, 1.165) is 17.1 Å². The van der Waals surface area contributed by atoms with E-state index in [1.165, 1.54) is 12.1 Å². The van der Waals surface area contributed by atoms with E-state index < -0.39 is 42.0 Å². The van der Waals surface area contributed by atoms with Crippen LogP contribution in [-0.2, 0) is 38.3 Å². The summed E-state index contributed by atoms with van der Waals surface area (Å²) >= 11 is 0. The summed E-state index contributed by atoms with van der Waals surface area (Å²) < 4.78 is 10.2. The molecule has 11 heteroatoms. The Bertz CT molecular complexity index is 907. The quantitative estimate of drug-likeness (QED) is 0.338. The molecule has 0 aromatic heterocycles. The Labute approximate surface area is 176 Å². The lowest BCUT2D eigenvalue weighted by Crippen LogP contribution is -2.33. The van der Waals surface area contributed by atoms with Crippen molar-refractivity contribution in [2.45, 2.75) is 32.0 Å². The van der Waals surface area contributed by atoms with Crippen molar-refractivity contribution in [3.05, 3.63) is 48.0 Å². The van der Waals surface area contributed by atoms with Crippen LogP contribution in [0.2, 0.25) is 0 Å². The van der Waals surface area contributed by atoms with Crippen LogP contribution in [0, 0.1) is 0 Å². The predicted molar refractivity (Wildman–Crippen MR) is 99.0 cm³/mol. The number of ether oxygens (including phenoxy) is 2. The molecule has 3 rings (SSSR count). The van der Waals surface area contributed by atoms with Crippen molar-refractivity contribution in [3.8, 4) is 0 Å². The Morgan fingerprint density at radius 1 is 0.903 bits per heavy atom. The van der Waals surface area contributed by atoms with Gasteiger partial charge in [0.15, 0.2) is 0 Å². The smallest absolute Gasteiger partial charge is 0.420 e. The first-order valence-electron chi connectivity index (χ1n) is 9.37. The highest BCUT2D eigenvalue weighted by Gasteiger charge is 2.34. The molecule has 4 amide bonds. The number of benzene rings is 1. The average molecular weight is 430 g/mol.